The number of hydrogen-bond donors (Lipinski definition) is 0. The average molecular weight is 611 g/mol. The molecule has 2 heteroatoms. The van der Waals surface area contributed by atoms with Gasteiger partial charge in [-0.1, -0.05) is 146 Å². The molecule has 0 unspecified atom stereocenters. The molecule has 10 rings (SSSR count). The molecular weight excluding hydrogens is 581 g/mol. The van der Waals surface area contributed by atoms with E-state index in [0.717, 1.165) is 5.69 Å². The Balaban J connectivity index is 1.33. The molecule has 224 valence electrons. The predicted octanol–water partition coefficient (Wildman–Crippen LogP) is 12.3. The Bertz CT molecular complexity index is 2820. The Labute approximate surface area is 278 Å². The van der Waals surface area contributed by atoms with Crippen LogP contribution in [0.25, 0.3) is 88.2 Å². The summed E-state index contributed by atoms with van der Waals surface area (Å²) in [6.07, 6.45) is 0. The first kappa shape index (κ1) is 26.8. The van der Waals surface area contributed by atoms with Crippen LogP contribution in [-0.2, 0) is 0 Å². The van der Waals surface area contributed by atoms with Crippen LogP contribution in [0.4, 0.5) is 0 Å². The van der Waals surface area contributed by atoms with Crippen LogP contribution in [0, 0.1) is 0 Å². The van der Waals surface area contributed by atoms with Crippen molar-refractivity contribution in [3.8, 4) is 39.1 Å². The van der Waals surface area contributed by atoms with Gasteiger partial charge < -0.3 is 0 Å². The molecule has 0 radical (unpaired) electrons. The van der Waals surface area contributed by atoms with Gasteiger partial charge in [-0.25, -0.2) is 0 Å². The summed E-state index contributed by atoms with van der Waals surface area (Å²) in [5.74, 6) is 0. The molecule has 0 spiro atoms. The zero-order chi connectivity index (χ0) is 31.6. The molecule has 3 aromatic heterocycles. The predicted molar refractivity (Wildman–Crippen MR) is 203 cm³/mol. The second-order valence-corrected chi connectivity index (χ2v) is 12.6. The largest absolute Gasteiger partial charge is 0.295 e. The minimum atomic E-state index is 1.15. The maximum Gasteiger partial charge on any atom is 0.131 e. The first-order valence-electron chi connectivity index (χ1n) is 16.5. The topological polar surface area (TPSA) is 9.34 Å². The zero-order valence-electron chi connectivity index (χ0n) is 26.2. The lowest BCUT2D eigenvalue weighted by Crippen LogP contribution is -2.00. The molecule has 10 aromatic rings. The summed E-state index contributed by atoms with van der Waals surface area (Å²) < 4.78 is 4.97. The molecule has 0 aliphatic rings. The minimum absolute atomic E-state index is 1.15. The second kappa shape index (κ2) is 10.6. The van der Waals surface area contributed by atoms with Crippen LogP contribution in [0.1, 0.15) is 0 Å². The SMILES string of the molecule is c1ccc(-c2cccc(-c3cccc4c3c3ccccc3c3cc5c6ccccc6n(-c6cccc(-c7ccccc7)c6)c5n34)c2)cc1. The van der Waals surface area contributed by atoms with Crippen LogP contribution in [0.3, 0.4) is 0 Å². The molecule has 0 saturated heterocycles. The van der Waals surface area contributed by atoms with E-state index in [9.17, 15) is 0 Å². The monoisotopic (exact) mass is 610 g/mol. The molecule has 7 aromatic carbocycles. The van der Waals surface area contributed by atoms with Gasteiger partial charge in [0.25, 0.3) is 0 Å². The van der Waals surface area contributed by atoms with Crippen molar-refractivity contribution in [2.24, 2.45) is 0 Å². The van der Waals surface area contributed by atoms with Crippen molar-refractivity contribution >= 4 is 49.1 Å². The van der Waals surface area contributed by atoms with Crippen LogP contribution in [0.15, 0.2) is 182 Å². The maximum absolute atomic E-state index is 2.51. The van der Waals surface area contributed by atoms with Gasteiger partial charge in [0, 0.05) is 27.2 Å². The summed E-state index contributed by atoms with van der Waals surface area (Å²) in [6, 6.07) is 66.1. The molecule has 0 aliphatic carbocycles. The highest BCUT2D eigenvalue weighted by Crippen LogP contribution is 2.42. The number of nitrogens with zero attached hydrogens (tertiary/aromatic N) is 2. The van der Waals surface area contributed by atoms with Crippen LogP contribution < -0.4 is 0 Å². The lowest BCUT2D eigenvalue weighted by molar-refractivity contribution is 1.12. The first-order valence-corrected chi connectivity index (χ1v) is 16.5. The van der Waals surface area contributed by atoms with E-state index in [2.05, 4.69) is 191 Å². The normalized spacial score (nSPS) is 11.8. The van der Waals surface area contributed by atoms with Crippen molar-refractivity contribution in [3.05, 3.63) is 182 Å². The van der Waals surface area contributed by atoms with E-state index in [1.807, 2.05) is 0 Å². The Morgan fingerprint density at radius 1 is 0.312 bits per heavy atom. The van der Waals surface area contributed by atoms with Gasteiger partial charge in [0.2, 0.25) is 0 Å². The van der Waals surface area contributed by atoms with E-state index in [0.29, 0.717) is 0 Å². The van der Waals surface area contributed by atoms with Crippen molar-refractivity contribution in [2.75, 3.05) is 0 Å². The van der Waals surface area contributed by atoms with Crippen LogP contribution in [0.2, 0.25) is 0 Å². The summed E-state index contributed by atoms with van der Waals surface area (Å²) >= 11 is 0. The number of pyridine rings is 1. The first-order chi connectivity index (χ1) is 23.8. The number of fused-ring (bicyclic) bond motifs is 10. The number of hydrogen-bond acceptors (Lipinski definition) is 0. The Hall–Kier alpha value is -6.38. The van der Waals surface area contributed by atoms with Crippen LogP contribution in [-0.4, -0.2) is 8.97 Å². The molecule has 3 heterocycles. The summed E-state index contributed by atoms with van der Waals surface area (Å²) in [7, 11) is 0. The van der Waals surface area contributed by atoms with E-state index in [4.69, 9.17) is 0 Å². The van der Waals surface area contributed by atoms with Crippen molar-refractivity contribution < 1.29 is 0 Å². The van der Waals surface area contributed by atoms with Gasteiger partial charge in [-0.3, -0.25) is 8.97 Å². The fourth-order valence-electron chi connectivity index (χ4n) is 7.76. The van der Waals surface area contributed by atoms with Gasteiger partial charge in [0.1, 0.15) is 5.65 Å². The minimum Gasteiger partial charge on any atom is -0.295 e. The number of para-hydroxylation sites is 1. The summed E-state index contributed by atoms with van der Waals surface area (Å²) in [5.41, 5.74) is 13.3. The number of aromatic nitrogens is 2. The molecule has 48 heavy (non-hydrogen) atoms. The summed E-state index contributed by atoms with van der Waals surface area (Å²) in [5, 5.41) is 6.29. The fraction of sp³-hybridized carbons (Fsp3) is 0. The molecule has 0 atom stereocenters. The van der Waals surface area contributed by atoms with Gasteiger partial charge >= 0.3 is 0 Å². The molecular formula is C46H30N2. The molecule has 2 nitrogen and oxygen atoms in total. The third kappa shape index (κ3) is 4.00. The van der Waals surface area contributed by atoms with E-state index in [-0.39, 0.29) is 0 Å². The van der Waals surface area contributed by atoms with E-state index >= 15 is 0 Å². The standard InChI is InChI=1S/C46H30N2/c1-3-14-31(15-4-1)33-18-11-20-35(28-33)37-25-13-27-43-45(37)40-24-8-7-22-38(40)44-30-41-39-23-9-10-26-42(39)47(46(41)48(43)44)36-21-12-19-34(29-36)32-16-5-2-6-17-32/h1-30H. The third-order valence-corrected chi connectivity index (χ3v) is 9.87. The average Bonchev–Trinajstić information content (AvgIpc) is 3.71. The summed E-state index contributed by atoms with van der Waals surface area (Å²) in [6.45, 7) is 0. The van der Waals surface area contributed by atoms with Crippen LogP contribution >= 0.6 is 0 Å². The number of rotatable bonds is 4. The molecule has 0 saturated carbocycles. The summed E-state index contributed by atoms with van der Waals surface area (Å²) in [4.78, 5) is 0. The lowest BCUT2D eigenvalue weighted by Gasteiger charge is -2.16. The maximum atomic E-state index is 2.51. The molecule has 0 bridgehead atoms. The highest BCUT2D eigenvalue weighted by atomic mass is 15.1. The molecule has 0 fully saturated rings. The molecule has 0 aliphatic heterocycles. The zero-order valence-corrected chi connectivity index (χ0v) is 26.2. The number of benzene rings is 7. The Morgan fingerprint density at radius 3 is 1.60 bits per heavy atom. The Kier molecular flexibility index (Phi) is 5.91. The third-order valence-electron chi connectivity index (χ3n) is 9.87. The van der Waals surface area contributed by atoms with Gasteiger partial charge in [-0.2, -0.15) is 0 Å². The smallest absolute Gasteiger partial charge is 0.131 e. The highest BCUT2D eigenvalue weighted by Gasteiger charge is 2.21. The molecule has 0 N–H and O–H groups in total. The van der Waals surface area contributed by atoms with Crippen LogP contribution in [0.5, 0.6) is 0 Å². The van der Waals surface area contributed by atoms with Crippen molar-refractivity contribution in [1.82, 2.24) is 8.97 Å². The van der Waals surface area contributed by atoms with Gasteiger partial charge in [-0.15, -0.1) is 0 Å². The fourth-order valence-corrected chi connectivity index (χ4v) is 7.76. The second-order valence-electron chi connectivity index (χ2n) is 12.6. The lowest BCUT2D eigenvalue weighted by atomic mass is 9.94. The molecule has 0 amide bonds. The quantitative estimate of drug-likeness (QED) is 0.175. The van der Waals surface area contributed by atoms with E-state index in [1.165, 1.54) is 82.5 Å². The van der Waals surface area contributed by atoms with E-state index in [1.54, 1.807) is 0 Å². The highest BCUT2D eigenvalue weighted by molar-refractivity contribution is 6.22. The van der Waals surface area contributed by atoms with Crippen molar-refractivity contribution in [1.29, 1.82) is 0 Å². The van der Waals surface area contributed by atoms with Gasteiger partial charge in [0.05, 0.1) is 16.6 Å². The van der Waals surface area contributed by atoms with Gasteiger partial charge in [-0.05, 0) is 75.2 Å². The Morgan fingerprint density at radius 2 is 0.854 bits per heavy atom. The van der Waals surface area contributed by atoms with E-state index < -0.39 is 0 Å². The van der Waals surface area contributed by atoms with Crippen molar-refractivity contribution in [2.45, 2.75) is 0 Å². The van der Waals surface area contributed by atoms with Gasteiger partial charge in [0.15, 0.2) is 0 Å². The van der Waals surface area contributed by atoms with Crippen molar-refractivity contribution in [3.63, 3.8) is 0 Å².